The molecular formula is C15H13FN2O3S. The molecule has 3 rings (SSSR count). The van der Waals surface area contributed by atoms with Gasteiger partial charge in [0.2, 0.25) is 0 Å². The quantitative estimate of drug-likeness (QED) is 0.877. The van der Waals surface area contributed by atoms with E-state index in [-0.39, 0.29) is 16.5 Å². The topological polar surface area (TPSA) is 66.2 Å². The summed E-state index contributed by atoms with van der Waals surface area (Å²) in [5.41, 5.74) is 0.509. The van der Waals surface area contributed by atoms with Gasteiger partial charge >= 0.3 is 0 Å². The van der Waals surface area contributed by atoms with Crippen molar-refractivity contribution in [2.75, 3.05) is 17.8 Å². The highest BCUT2D eigenvalue weighted by molar-refractivity contribution is 7.92. The maximum Gasteiger partial charge on any atom is 0.261 e. The Bertz CT molecular complexity index is 815. The van der Waals surface area contributed by atoms with Crippen LogP contribution in [0.3, 0.4) is 0 Å². The molecule has 1 saturated heterocycles. The lowest BCUT2D eigenvalue weighted by atomic mass is 10.2. The van der Waals surface area contributed by atoms with Gasteiger partial charge in [0.15, 0.2) is 0 Å². The van der Waals surface area contributed by atoms with E-state index in [1.165, 1.54) is 18.2 Å². The van der Waals surface area contributed by atoms with Crippen molar-refractivity contribution in [1.82, 2.24) is 4.90 Å². The number of amides is 1. The molecule has 1 fully saturated rings. The first-order valence-electron chi connectivity index (χ1n) is 6.64. The van der Waals surface area contributed by atoms with E-state index in [1.54, 1.807) is 23.1 Å². The lowest BCUT2D eigenvalue weighted by molar-refractivity contribution is 0.0886. The van der Waals surface area contributed by atoms with Crippen molar-refractivity contribution in [3.63, 3.8) is 0 Å². The summed E-state index contributed by atoms with van der Waals surface area (Å²) in [5.74, 6) is -0.728. The molecule has 2 aromatic carbocycles. The monoisotopic (exact) mass is 320 g/mol. The molecule has 0 saturated carbocycles. The summed E-state index contributed by atoms with van der Waals surface area (Å²) in [6, 6.07) is 10.9. The molecule has 0 spiro atoms. The van der Waals surface area contributed by atoms with E-state index in [4.69, 9.17) is 0 Å². The average molecular weight is 320 g/mol. The van der Waals surface area contributed by atoms with Crippen LogP contribution in [-0.2, 0) is 10.0 Å². The van der Waals surface area contributed by atoms with Crippen LogP contribution in [0.4, 0.5) is 10.1 Å². The fourth-order valence-corrected chi connectivity index (χ4v) is 3.08. The Hall–Kier alpha value is -2.41. The molecular weight excluding hydrogens is 307 g/mol. The summed E-state index contributed by atoms with van der Waals surface area (Å²) < 4.78 is 39.9. The zero-order valence-electron chi connectivity index (χ0n) is 11.5. The highest BCUT2D eigenvalue weighted by Gasteiger charge is 2.28. The van der Waals surface area contributed by atoms with E-state index in [9.17, 15) is 17.6 Å². The molecule has 114 valence electrons. The molecule has 0 aliphatic carbocycles. The second kappa shape index (κ2) is 5.42. The Morgan fingerprint density at radius 1 is 1.05 bits per heavy atom. The van der Waals surface area contributed by atoms with Crippen molar-refractivity contribution in [1.29, 1.82) is 0 Å². The fraction of sp³-hybridized carbons (Fsp3) is 0.133. The minimum absolute atomic E-state index is 0.0668. The van der Waals surface area contributed by atoms with E-state index in [0.717, 1.165) is 12.1 Å². The Morgan fingerprint density at radius 2 is 1.68 bits per heavy atom. The number of para-hydroxylation sites is 1. The number of nitrogens with one attached hydrogen (secondary N) is 1. The van der Waals surface area contributed by atoms with Gasteiger partial charge in [-0.05, 0) is 36.4 Å². The Morgan fingerprint density at radius 3 is 2.32 bits per heavy atom. The van der Waals surface area contributed by atoms with Crippen LogP contribution in [0, 0.1) is 5.82 Å². The number of anilines is 1. The Balaban J connectivity index is 1.92. The summed E-state index contributed by atoms with van der Waals surface area (Å²) in [6.45, 7) is 1.36. The Kier molecular flexibility index (Phi) is 3.58. The smallest absolute Gasteiger partial charge is 0.261 e. The molecule has 0 unspecified atom stereocenters. The fourth-order valence-electron chi connectivity index (χ4n) is 2.00. The standard InChI is InChI=1S/C15H13FN2O3S/c16-11-5-7-12(8-6-11)22(20,21)17-14-4-2-1-3-13(14)15(19)18-9-10-18/h1-8,17H,9-10H2. The van der Waals surface area contributed by atoms with Crippen LogP contribution in [0.1, 0.15) is 10.4 Å². The molecule has 7 heteroatoms. The molecule has 0 radical (unpaired) electrons. The summed E-state index contributed by atoms with van der Waals surface area (Å²) in [7, 11) is -3.88. The predicted octanol–water partition coefficient (Wildman–Crippen LogP) is 2.08. The van der Waals surface area contributed by atoms with E-state index in [1.807, 2.05) is 0 Å². The van der Waals surface area contributed by atoms with Gasteiger partial charge in [-0.15, -0.1) is 0 Å². The number of carbonyl (C=O) groups is 1. The summed E-state index contributed by atoms with van der Waals surface area (Å²) in [4.78, 5) is 13.7. The molecule has 1 amide bonds. The first kappa shape index (κ1) is 14.5. The van der Waals surface area contributed by atoms with E-state index in [0.29, 0.717) is 18.7 Å². The number of hydrogen-bond acceptors (Lipinski definition) is 3. The van der Waals surface area contributed by atoms with Gasteiger partial charge in [-0.3, -0.25) is 9.52 Å². The number of benzene rings is 2. The van der Waals surface area contributed by atoms with Crippen molar-refractivity contribution in [2.45, 2.75) is 4.90 Å². The van der Waals surface area contributed by atoms with E-state index >= 15 is 0 Å². The average Bonchev–Trinajstić information content (AvgIpc) is 3.32. The molecule has 0 bridgehead atoms. The number of carbonyl (C=O) groups excluding carboxylic acids is 1. The van der Waals surface area contributed by atoms with Gasteiger partial charge in [0.25, 0.3) is 15.9 Å². The van der Waals surface area contributed by atoms with E-state index < -0.39 is 15.8 Å². The highest BCUT2D eigenvalue weighted by Crippen LogP contribution is 2.23. The van der Waals surface area contributed by atoms with Gasteiger partial charge in [-0.25, -0.2) is 12.8 Å². The normalized spacial score (nSPS) is 13.8. The van der Waals surface area contributed by atoms with Crippen LogP contribution in [0.2, 0.25) is 0 Å². The first-order chi connectivity index (χ1) is 10.5. The first-order valence-corrected chi connectivity index (χ1v) is 8.12. The molecule has 5 nitrogen and oxygen atoms in total. The third-order valence-corrected chi connectivity index (χ3v) is 4.64. The molecule has 2 aromatic rings. The third-order valence-electron chi connectivity index (χ3n) is 3.26. The summed E-state index contributed by atoms with van der Waals surface area (Å²) >= 11 is 0. The molecule has 1 aliphatic rings. The lowest BCUT2D eigenvalue weighted by Gasteiger charge is -2.12. The summed E-state index contributed by atoms with van der Waals surface area (Å²) in [6.07, 6.45) is 0. The number of hydrogen-bond donors (Lipinski definition) is 1. The lowest BCUT2D eigenvalue weighted by Crippen LogP contribution is -2.18. The maximum absolute atomic E-state index is 12.9. The van der Waals surface area contributed by atoms with Crippen LogP contribution < -0.4 is 4.72 Å². The van der Waals surface area contributed by atoms with Crippen LogP contribution in [0.15, 0.2) is 53.4 Å². The van der Waals surface area contributed by atoms with Crippen LogP contribution in [-0.4, -0.2) is 32.3 Å². The number of halogens is 1. The Labute approximate surface area is 127 Å². The maximum atomic E-state index is 12.9. The molecule has 1 N–H and O–H groups in total. The molecule has 1 aliphatic heterocycles. The molecule has 0 atom stereocenters. The van der Waals surface area contributed by atoms with Gasteiger partial charge in [0, 0.05) is 13.1 Å². The van der Waals surface area contributed by atoms with Crippen LogP contribution in [0.5, 0.6) is 0 Å². The van der Waals surface area contributed by atoms with Gasteiger partial charge < -0.3 is 4.90 Å². The molecule has 22 heavy (non-hydrogen) atoms. The summed E-state index contributed by atoms with van der Waals surface area (Å²) in [5, 5.41) is 0. The molecule has 0 aromatic heterocycles. The van der Waals surface area contributed by atoms with Gasteiger partial charge in [0.1, 0.15) is 5.82 Å². The predicted molar refractivity (Wildman–Crippen MR) is 79.6 cm³/mol. The minimum atomic E-state index is -3.88. The zero-order chi connectivity index (χ0) is 15.7. The SMILES string of the molecule is O=C(c1ccccc1NS(=O)(=O)c1ccc(F)cc1)N1CC1. The van der Waals surface area contributed by atoms with Crippen molar-refractivity contribution >= 4 is 21.6 Å². The second-order valence-corrected chi connectivity index (χ2v) is 6.58. The number of nitrogens with zero attached hydrogens (tertiary/aromatic N) is 1. The third kappa shape index (κ3) is 2.94. The van der Waals surface area contributed by atoms with Crippen molar-refractivity contribution < 1.29 is 17.6 Å². The largest absolute Gasteiger partial charge is 0.335 e. The van der Waals surface area contributed by atoms with Gasteiger partial charge in [-0.2, -0.15) is 0 Å². The minimum Gasteiger partial charge on any atom is -0.335 e. The van der Waals surface area contributed by atoms with E-state index in [2.05, 4.69) is 4.72 Å². The van der Waals surface area contributed by atoms with Crippen molar-refractivity contribution in [3.05, 3.63) is 59.9 Å². The zero-order valence-corrected chi connectivity index (χ0v) is 12.3. The highest BCUT2D eigenvalue weighted by atomic mass is 32.2. The number of sulfonamides is 1. The van der Waals surface area contributed by atoms with Gasteiger partial charge in [-0.1, -0.05) is 12.1 Å². The van der Waals surface area contributed by atoms with Crippen LogP contribution >= 0.6 is 0 Å². The van der Waals surface area contributed by atoms with Crippen LogP contribution in [0.25, 0.3) is 0 Å². The number of rotatable bonds is 4. The van der Waals surface area contributed by atoms with Crippen molar-refractivity contribution in [3.8, 4) is 0 Å². The van der Waals surface area contributed by atoms with Gasteiger partial charge in [0.05, 0.1) is 16.1 Å². The second-order valence-electron chi connectivity index (χ2n) is 4.90. The molecule has 1 heterocycles. The van der Waals surface area contributed by atoms with Crippen molar-refractivity contribution in [2.24, 2.45) is 0 Å².